The van der Waals surface area contributed by atoms with Crippen LogP contribution in [0, 0.1) is 0 Å². The van der Waals surface area contributed by atoms with E-state index in [1.807, 2.05) is 60.9 Å². The molecule has 0 aliphatic heterocycles. The lowest BCUT2D eigenvalue weighted by Gasteiger charge is -2.11. The van der Waals surface area contributed by atoms with E-state index < -0.39 is 10.0 Å². The molecule has 0 unspecified atom stereocenters. The second-order valence-corrected chi connectivity index (χ2v) is 9.26. The summed E-state index contributed by atoms with van der Waals surface area (Å²) in [6, 6.07) is 23.2. The molecule has 0 aromatic heterocycles. The van der Waals surface area contributed by atoms with E-state index in [0.29, 0.717) is 18.7 Å². The first-order chi connectivity index (χ1) is 15.0. The van der Waals surface area contributed by atoms with Gasteiger partial charge in [0.15, 0.2) is 6.61 Å². The number of thioether (sulfide) groups is 1. The Morgan fingerprint density at radius 3 is 2.32 bits per heavy atom. The number of sulfonamides is 1. The molecule has 2 N–H and O–H groups in total. The summed E-state index contributed by atoms with van der Waals surface area (Å²) in [4.78, 5) is 13.3. The number of anilines is 1. The van der Waals surface area contributed by atoms with Gasteiger partial charge < -0.3 is 10.1 Å². The van der Waals surface area contributed by atoms with E-state index in [1.54, 1.807) is 11.8 Å². The van der Waals surface area contributed by atoms with Gasteiger partial charge in [0, 0.05) is 11.4 Å². The lowest BCUT2D eigenvalue weighted by molar-refractivity contribution is -0.118. The molecule has 0 aliphatic rings. The maximum atomic E-state index is 12.4. The van der Waals surface area contributed by atoms with Crippen molar-refractivity contribution >= 4 is 33.4 Å². The quantitative estimate of drug-likeness (QED) is 0.452. The molecule has 0 radical (unpaired) electrons. The van der Waals surface area contributed by atoms with Crippen molar-refractivity contribution in [3.8, 4) is 5.75 Å². The Morgan fingerprint density at radius 1 is 0.935 bits per heavy atom. The monoisotopic (exact) mass is 456 g/mol. The van der Waals surface area contributed by atoms with Crippen molar-refractivity contribution in [2.45, 2.75) is 16.2 Å². The topological polar surface area (TPSA) is 84.5 Å². The summed E-state index contributed by atoms with van der Waals surface area (Å²) in [5.41, 5.74) is 1.79. The third-order valence-electron chi connectivity index (χ3n) is 4.43. The van der Waals surface area contributed by atoms with E-state index in [-0.39, 0.29) is 17.4 Å². The van der Waals surface area contributed by atoms with Crippen LogP contribution in [0.15, 0.2) is 88.7 Å². The van der Waals surface area contributed by atoms with Crippen molar-refractivity contribution in [2.24, 2.45) is 0 Å². The first kappa shape index (κ1) is 22.9. The normalized spacial score (nSPS) is 11.1. The highest BCUT2D eigenvalue weighted by molar-refractivity contribution is 7.98. The average molecular weight is 457 g/mol. The summed E-state index contributed by atoms with van der Waals surface area (Å²) in [6.45, 7) is 0.131. The SMILES string of the molecule is CSc1ccccc1NC(=O)COc1ccc(S(=O)(=O)NCCc2ccccc2)cc1. The van der Waals surface area contributed by atoms with E-state index in [9.17, 15) is 13.2 Å². The van der Waals surface area contributed by atoms with Crippen molar-refractivity contribution in [3.63, 3.8) is 0 Å². The number of carbonyl (C=O) groups excluding carboxylic acids is 1. The van der Waals surface area contributed by atoms with Crippen LogP contribution in [0.4, 0.5) is 5.69 Å². The zero-order chi connectivity index (χ0) is 22.1. The summed E-state index contributed by atoms with van der Waals surface area (Å²) >= 11 is 1.54. The number of benzene rings is 3. The van der Waals surface area contributed by atoms with E-state index >= 15 is 0 Å². The van der Waals surface area contributed by atoms with E-state index in [0.717, 1.165) is 16.1 Å². The molecule has 0 saturated heterocycles. The average Bonchev–Trinajstić information content (AvgIpc) is 2.79. The van der Waals surface area contributed by atoms with Crippen LogP contribution in [0.3, 0.4) is 0 Å². The Bertz CT molecular complexity index is 1100. The zero-order valence-corrected chi connectivity index (χ0v) is 18.7. The molecular weight excluding hydrogens is 432 g/mol. The smallest absolute Gasteiger partial charge is 0.262 e. The highest BCUT2D eigenvalue weighted by atomic mass is 32.2. The van der Waals surface area contributed by atoms with Crippen LogP contribution in [-0.2, 0) is 21.2 Å². The number of carbonyl (C=O) groups is 1. The van der Waals surface area contributed by atoms with Crippen LogP contribution in [0.25, 0.3) is 0 Å². The molecule has 3 aromatic rings. The van der Waals surface area contributed by atoms with Gasteiger partial charge in [-0.25, -0.2) is 13.1 Å². The first-order valence-corrected chi connectivity index (χ1v) is 12.4. The number of rotatable bonds is 10. The Labute approximate surface area is 187 Å². The lowest BCUT2D eigenvalue weighted by atomic mass is 10.2. The Hall–Kier alpha value is -2.81. The molecule has 6 nitrogen and oxygen atoms in total. The van der Waals surface area contributed by atoms with Gasteiger partial charge in [0.1, 0.15) is 5.75 Å². The Morgan fingerprint density at radius 2 is 1.61 bits per heavy atom. The Balaban J connectivity index is 1.50. The summed E-state index contributed by atoms with van der Waals surface area (Å²) in [5.74, 6) is 0.123. The number of nitrogens with one attached hydrogen (secondary N) is 2. The fourth-order valence-electron chi connectivity index (χ4n) is 2.86. The second kappa shape index (κ2) is 11.0. The lowest BCUT2D eigenvalue weighted by Crippen LogP contribution is -2.26. The summed E-state index contributed by atoms with van der Waals surface area (Å²) in [6.07, 6.45) is 2.55. The predicted octanol–water partition coefficient (Wildman–Crippen LogP) is 3.95. The maximum absolute atomic E-state index is 12.4. The fraction of sp³-hybridized carbons (Fsp3) is 0.174. The minimum atomic E-state index is -3.61. The second-order valence-electron chi connectivity index (χ2n) is 6.64. The molecule has 3 aromatic carbocycles. The molecule has 0 fully saturated rings. The molecule has 0 aliphatic carbocycles. The van der Waals surface area contributed by atoms with Crippen LogP contribution < -0.4 is 14.8 Å². The van der Waals surface area contributed by atoms with Crippen molar-refractivity contribution < 1.29 is 17.9 Å². The molecule has 0 saturated carbocycles. The number of hydrogen-bond donors (Lipinski definition) is 2. The van der Waals surface area contributed by atoms with Crippen LogP contribution in [-0.4, -0.2) is 33.7 Å². The summed E-state index contributed by atoms with van der Waals surface area (Å²) in [5, 5.41) is 2.81. The molecule has 0 heterocycles. The van der Waals surface area contributed by atoms with Gasteiger partial charge >= 0.3 is 0 Å². The van der Waals surface area contributed by atoms with Gasteiger partial charge in [-0.05, 0) is 54.6 Å². The summed E-state index contributed by atoms with van der Waals surface area (Å²) < 4.78 is 33.0. The van der Waals surface area contributed by atoms with Gasteiger partial charge in [-0.1, -0.05) is 42.5 Å². The molecule has 0 atom stereocenters. The number of para-hydroxylation sites is 1. The van der Waals surface area contributed by atoms with Crippen LogP contribution in [0.1, 0.15) is 5.56 Å². The minimum Gasteiger partial charge on any atom is -0.484 e. The van der Waals surface area contributed by atoms with Gasteiger partial charge in [-0.15, -0.1) is 11.8 Å². The zero-order valence-electron chi connectivity index (χ0n) is 17.1. The molecule has 162 valence electrons. The predicted molar refractivity (Wildman–Crippen MR) is 124 cm³/mol. The number of amides is 1. The standard InChI is InChI=1S/C23H24N2O4S2/c1-30-22-10-6-5-9-21(22)25-23(26)17-29-19-11-13-20(14-12-19)31(27,28)24-16-15-18-7-3-2-4-8-18/h2-14,24H,15-17H2,1H3,(H,25,26). The molecule has 0 spiro atoms. The molecule has 31 heavy (non-hydrogen) atoms. The van der Waals surface area contributed by atoms with Crippen LogP contribution in [0.2, 0.25) is 0 Å². The molecule has 0 bridgehead atoms. The maximum Gasteiger partial charge on any atom is 0.262 e. The highest BCUT2D eigenvalue weighted by Crippen LogP contribution is 2.24. The van der Waals surface area contributed by atoms with Gasteiger partial charge in [0.2, 0.25) is 10.0 Å². The van der Waals surface area contributed by atoms with Gasteiger partial charge in [0.25, 0.3) is 5.91 Å². The van der Waals surface area contributed by atoms with Crippen LogP contribution in [0.5, 0.6) is 5.75 Å². The molecule has 1 amide bonds. The first-order valence-electron chi connectivity index (χ1n) is 9.67. The van der Waals surface area contributed by atoms with Crippen molar-refractivity contribution in [1.82, 2.24) is 4.72 Å². The van der Waals surface area contributed by atoms with Crippen LogP contribution >= 0.6 is 11.8 Å². The van der Waals surface area contributed by atoms with Gasteiger partial charge in [0.05, 0.1) is 10.6 Å². The van der Waals surface area contributed by atoms with E-state index in [4.69, 9.17) is 4.74 Å². The van der Waals surface area contributed by atoms with E-state index in [2.05, 4.69) is 10.0 Å². The molecular formula is C23H24N2O4S2. The van der Waals surface area contributed by atoms with Gasteiger partial charge in [-0.3, -0.25) is 4.79 Å². The largest absolute Gasteiger partial charge is 0.484 e. The van der Waals surface area contributed by atoms with Crippen molar-refractivity contribution in [1.29, 1.82) is 0 Å². The minimum absolute atomic E-state index is 0.145. The van der Waals surface area contributed by atoms with Crippen molar-refractivity contribution in [3.05, 3.63) is 84.4 Å². The molecule has 3 rings (SSSR count). The Kier molecular flexibility index (Phi) is 8.11. The highest BCUT2D eigenvalue weighted by Gasteiger charge is 2.14. The molecule has 8 heteroatoms. The van der Waals surface area contributed by atoms with Gasteiger partial charge in [-0.2, -0.15) is 0 Å². The number of hydrogen-bond acceptors (Lipinski definition) is 5. The summed E-state index contributed by atoms with van der Waals surface area (Å²) in [7, 11) is -3.61. The third kappa shape index (κ3) is 6.85. The fourth-order valence-corrected chi connectivity index (χ4v) is 4.44. The third-order valence-corrected chi connectivity index (χ3v) is 6.71. The van der Waals surface area contributed by atoms with E-state index in [1.165, 1.54) is 24.3 Å². The van der Waals surface area contributed by atoms with Crippen molar-refractivity contribution in [2.75, 3.05) is 24.7 Å². The number of ether oxygens (including phenoxy) is 1.